The Morgan fingerprint density at radius 2 is 1.82 bits per heavy atom. The average Bonchev–Trinajstić information content (AvgIpc) is 2.90. The Hall–Kier alpha value is -3.86. The summed E-state index contributed by atoms with van der Waals surface area (Å²) in [6, 6.07) is 17.5. The summed E-state index contributed by atoms with van der Waals surface area (Å²) in [5.74, 6) is 0.439. The molecule has 1 aliphatic rings. The van der Waals surface area contributed by atoms with Crippen LogP contribution in [-0.2, 0) is 0 Å². The van der Waals surface area contributed by atoms with E-state index in [0.29, 0.717) is 36.0 Å². The number of hydrogen-bond acceptors (Lipinski definition) is 7. The van der Waals surface area contributed by atoms with Gasteiger partial charge in [-0.15, -0.1) is 0 Å². The molecular weight excluding hydrogens is 527 g/mol. The van der Waals surface area contributed by atoms with Gasteiger partial charge < -0.3 is 24.7 Å². The molecule has 0 saturated carbocycles. The molecule has 0 radical (unpaired) electrons. The summed E-state index contributed by atoms with van der Waals surface area (Å²) in [7, 11) is 0. The van der Waals surface area contributed by atoms with E-state index in [0.717, 1.165) is 18.4 Å². The predicted molar refractivity (Wildman–Crippen MR) is 145 cm³/mol. The summed E-state index contributed by atoms with van der Waals surface area (Å²) in [4.78, 5) is 12.8. The van der Waals surface area contributed by atoms with Gasteiger partial charge in [0, 0.05) is 11.6 Å². The Bertz CT molecular complexity index is 1410. The number of carbonyl (C=O) groups is 1. The van der Waals surface area contributed by atoms with Crippen LogP contribution in [0.25, 0.3) is 0 Å². The number of halogens is 2. The molecule has 0 fully saturated rings. The van der Waals surface area contributed by atoms with E-state index in [1.54, 1.807) is 25.1 Å². The first-order chi connectivity index (χ1) is 18.4. The highest BCUT2D eigenvalue weighted by Gasteiger charge is 2.31. The van der Waals surface area contributed by atoms with Crippen LogP contribution in [-0.4, -0.2) is 19.2 Å². The van der Waals surface area contributed by atoms with Gasteiger partial charge in [-0.1, -0.05) is 54.7 Å². The molecule has 196 valence electrons. The summed E-state index contributed by atoms with van der Waals surface area (Å²) in [5.41, 5.74) is 8.11. The van der Waals surface area contributed by atoms with Crippen molar-refractivity contribution in [2.75, 3.05) is 13.2 Å². The summed E-state index contributed by atoms with van der Waals surface area (Å²) >= 11 is 12.5. The van der Waals surface area contributed by atoms with E-state index in [9.17, 15) is 10.1 Å². The largest absolute Gasteiger partial charge is 0.494 e. The Labute approximate surface area is 231 Å². The van der Waals surface area contributed by atoms with E-state index < -0.39 is 11.9 Å². The quantitative estimate of drug-likeness (QED) is 0.173. The topological polar surface area (TPSA) is 104 Å². The molecule has 0 aromatic heterocycles. The number of carbonyl (C=O) groups excluding carboxylic acids is 1. The summed E-state index contributed by atoms with van der Waals surface area (Å²) in [6.07, 6.45) is 1.97. The van der Waals surface area contributed by atoms with Crippen LogP contribution in [0.15, 0.2) is 66.1 Å². The lowest BCUT2D eigenvalue weighted by atomic mass is 9.83. The molecule has 9 heteroatoms. The predicted octanol–water partition coefficient (Wildman–Crippen LogP) is 7.01. The Morgan fingerprint density at radius 3 is 2.50 bits per heavy atom. The molecule has 4 rings (SSSR count). The Balaban J connectivity index is 1.62. The van der Waals surface area contributed by atoms with Crippen molar-refractivity contribution in [2.24, 2.45) is 5.73 Å². The molecule has 2 N–H and O–H groups in total. The molecule has 0 bridgehead atoms. The number of rotatable bonds is 9. The van der Waals surface area contributed by atoms with Crippen molar-refractivity contribution in [3.05, 3.63) is 92.8 Å². The summed E-state index contributed by atoms with van der Waals surface area (Å²) in [5, 5.41) is 10.3. The number of hydrogen-bond donors (Lipinski definition) is 1. The van der Waals surface area contributed by atoms with Gasteiger partial charge in [-0.05, 0) is 49.2 Å². The minimum atomic E-state index is -0.665. The number of fused-ring (bicyclic) bond motifs is 1. The van der Waals surface area contributed by atoms with E-state index in [4.69, 9.17) is 47.9 Å². The third kappa shape index (κ3) is 5.83. The molecule has 1 unspecified atom stereocenters. The van der Waals surface area contributed by atoms with Crippen molar-refractivity contribution in [1.29, 1.82) is 5.26 Å². The fourth-order valence-corrected chi connectivity index (χ4v) is 4.68. The number of unbranched alkanes of at least 4 members (excludes halogenated alkanes) is 1. The third-order valence-electron chi connectivity index (χ3n) is 5.88. The molecule has 1 heterocycles. The van der Waals surface area contributed by atoms with E-state index >= 15 is 0 Å². The van der Waals surface area contributed by atoms with Crippen LogP contribution < -0.4 is 24.7 Å². The lowest BCUT2D eigenvalue weighted by molar-refractivity contribution is 0.0734. The van der Waals surface area contributed by atoms with Gasteiger partial charge in [0.1, 0.15) is 28.9 Å². The molecular formula is C29H26Cl2N2O5. The highest BCUT2D eigenvalue weighted by Crippen LogP contribution is 2.44. The first-order valence-electron chi connectivity index (χ1n) is 12.1. The molecule has 7 nitrogen and oxygen atoms in total. The van der Waals surface area contributed by atoms with E-state index in [1.807, 2.05) is 24.3 Å². The van der Waals surface area contributed by atoms with Gasteiger partial charge in [0.25, 0.3) is 0 Å². The molecule has 3 aromatic rings. The van der Waals surface area contributed by atoms with Crippen molar-refractivity contribution in [3.63, 3.8) is 0 Å². The highest BCUT2D eigenvalue weighted by atomic mass is 35.5. The maximum Gasteiger partial charge on any atom is 0.343 e. The van der Waals surface area contributed by atoms with E-state index in [1.165, 1.54) is 12.1 Å². The zero-order valence-corrected chi connectivity index (χ0v) is 22.4. The van der Waals surface area contributed by atoms with Gasteiger partial charge in [0.15, 0.2) is 5.75 Å². The zero-order chi connectivity index (χ0) is 27.2. The first kappa shape index (κ1) is 27.2. The Kier molecular flexibility index (Phi) is 8.67. The van der Waals surface area contributed by atoms with Crippen molar-refractivity contribution in [2.45, 2.75) is 32.6 Å². The number of benzene rings is 3. The SMILES string of the molecule is CCCCOc1cccc(C2C(C#N)=C(N)Oc3cc(OC(=O)c4cc(Cl)c(OCC)c(Cl)c4)ccc32)c1. The molecule has 0 saturated heterocycles. The van der Waals surface area contributed by atoms with Crippen LogP contribution in [0.5, 0.6) is 23.0 Å². The maximum absolute atomic E-state index is 12.8. The molecule has 0 amide bonds. The zero-order valence-electron chi connectivity index (χ0n) is 20.9. The fraction of sp³-hybridized carbons (Fsp3) is 0.241. The Morgan fingerprint density at radius 1 is 1.05 bits per heavy atom. The standard InChI is InChI=1S/C29H26Cl2N2O5/c1-3-5-11-36-19-8-6-7-17(12-19)26-21-10-9-20(15-25(21)38-28(33)22(26)16-32)37-29(34)18-13-23(30)27(35-4-2)24(31)14-18/h6-10,12-15,26H,3-5,11,33H2,1-2H3. The molecule has 38 heavy (non-hydrogen) atoms. The summed E-state index contributed by atoms with van der Waals surface area (Å²) in [6.45, 7) is 4.88. The van der Waals surface area contributed by atoms with Crippen molar-refractivity contribution in [3.8, 4) is 29.1 Å². The lowest BCUT2D eigenvalue weighted by Gasteiger charge is -2.27. The molecule has 1 atom stereocenters. The van der Waals surface area contributed by atoms with Gasteiger partial charge >= 0.3 is 5.97 Å². The van der Waals surface area contributed by atoms with Gasteiger partial charge in [0.05, 0.1) is 34.7 Å². The number of ether oxygens (including phenoxy) is 4. The number of nitrogens with zero attached hydrogens (tertiary/aromatic N) is 1. The second-order valence-corrected chi connectivity index (χ2v) is 9.30. The molecule has 3 aromatic carbocycles. The van der Waals surface area contributed by atoms with Crippen LogP contribution in [0.2, 0.25) is 10.0 Å². The normalized spacial score (nSPS) is 14.2. The van der Waals surface area contributed by atoms with Crippen molar-refractivity contribution in [1.82, 2.24) is 0 Å². The van der Waals surface area contributed by atoms with Crippen molar-refractivity contribution >= 4 is 29.2 Å². The number of nitriles is 1. The van der Waals surface area contributed by atoms with E-state index in [-0.39, 0.29) is 32.8 Å². The van der Waals surface area contributed by atoms with Gasteiger partial charge in [-0.25, -0.2) is 4.79 Å². The number of nitrogens with two attached hydrogens (primary N) is 1. The van der Waals surface area contributed by atoms with Gasteiger partial charge in [0.2, 0.25) is 5.88 Å². The van der Waals surface area contributed by atoms with Gasteiger partial charge in [-0.3, -0.25) is 0 Å². The second-order valence-electron chi connectivity index (χ2n) is 8.49. The van der Waals surface area contributed by atoms with Crippen molar-refractivity contribution < 1.29 is 23.7 Å². The van der Waals surface area contributed by atoms with Crippen LogP contribution in [0.1, 0.15) is 54.1 Å². The minimum Gasteiger partial charge on any atom is -0.494 e. The molecule has 0 spiro atoms. The smallest absolute Gasteiger partial charge is 0.343 e. The second kappa shape index (κ2) is 12.1. The maximum atomic E-state index is 12.8. The van der Waals surface area contributed by atoms with Crippen LogP contribution in [0.3, 0.4) is 0 Å². The lowest BCUT2D eigenvalue weighted by Crippen LogP contribution is -2.21. The first-order valence-corrected chi connectivity index (χ1v) is 12.9. The monoisotopic (exact) mass is 552 g/mol. The highest BCUT2D eigenvalue weighted by molar-refractivity contribution is 6.37. The number of allylic oxidation sites excluding steroid dienone is 1. The summed E-state index contributed by atoms with van der Waals surface area (Å²) < 4.78 is 22.6. The van der Waals surface area contributed by atoms with Crippen LogP contribution in [0, 0.1) is 11.3 Å². The third-order valence-corrected chi connectivity index (χ3v) is 6.44. The average molecular weight is 553 g/mol. The molecule has 1 aliphatic heterocycles. The fourth-order valence-electron chi connectivity index (χ4n) is 4.09. The molecule has 0 aliphatic carbocycles. The van der Waals surface area contributed by atoms with E-state index in [2.05, 4.69) is 13.0 Å². The van der Waals surface area contributed by atoms with Crippen LogP contribution >= 0.6 is 23.2 Å². The minimum absolute atomic E-state index is 0.0177. The van der Waals surface area contributed by atoms with Gasteiger partial charge in [-0.2, -0.15) is 5.26 Å². The number of esters is 1. The van der Waals surface area contributed by atoms with Crippen LogP contribution in [0.4, 0.5) is 0 Å².